The van der Waals surface area contributed by atoms with Crippen molar-refractivity contribution in [3.63, 3.8) is 0 Å². The van der Waals surface area contributed by atoms with Crippen molar-refractivity contribution in [2.24, 2.45) is 0 Å². The Morgan fingerprint density at radius 2 is 1.74 bits per heavy atom. The van der Waals surface area contributed by atoms with Crippen LogP contribution in [0, 0.1) is 4.77 Å². The van der Waals surface area contributed by atoms with E-state index in [1.165, 1.54) is 4.57 Å². The zero-order chi connectivity index (χ0) is 23.5. The van der Waals surface area contributed by atoms with Crippen LogP contribution in [0.2, 0.25) is 0 Å². The Morgan fingerprint density at radius 1 is 0.971 bits per heavy atom. The lowest BCUT2D eigenvalue weighted by molar-refractivity contribution is 0.0951. The van der Waals surface area contributed by atoms with Gasteiger partial charge in [0.25, 0.3) is 11.5 Å². The first kappa shape index (κ1) is 21.5. The molecule has 0 aliphatic carbocycles. The molecule has 0 radical (unpaired) electrons. The second kappa shape index (κ2) is 9.29. The van der Waals surface area contributed by atoms with E-state index in [9.17, 15) is 9.59 Å². The Labute approximate surface area is 200 Å². The zero-order valence-electron chi connectivity index (χ0n) is 18.1. The molecule has 0 fully saturated rings. The summed E-state index contributed by atoms with van der Waals surface area (Å²) in [5.41, 5.74) is 3.51. The molecular weight excluding hydrogens is 446 g/mol. The second-order valence-corrected chi connectivity index (χ2v) is 8.21. The minimum absolute atomic E-state index is 0.232. The molecule has 0 bridgehead atoms. The van der Waals surface area contributed by atoms with Gasteiger partial charge in [-0.1, -0.05) is 42.5 Å². The van der Waals surface area contributed by atoms with Crippen molar-refractivity contribution in [3.8, 4) is 5.69 Å². The number of nitrogens with zero attached hydrogens (tertiary/aromatic N) is 3. The predicted octanol–water partition coefficient (Wildman–Crippen LogP) is 4.22. The molecule has 7 nitrogen and oxygen atoms in total. The van der Waals surface area contributed by atoms with Crippen LogP contribution in [0.5, 0.6) is 0 Å². The molecule has 1 amide bonds. The first-order chi connectivity index (χ1) is 16.6. The van der Waals surface area contributed by atoms with E-state index >= 15 is 0 Å². The summed E-state index contributed by atoms with van der Waals surface area (Å²) in [5, 5.41) is 7.69. The summed E-state index contributed by atoms with van der Waals surface area (Å²) in [5.74, 6) is -0.234. The van der Waals surface area contributed by atoms with Crippen molar-refractivity contribution >= 4 is 29.0 Å². The van der Waals surface area contributed by atoms with Gasteiger partial charge < -0.3 is 10.3 Å². The topological polar surface area (TPSA) is 84.7 Å². The van der Waals surface area contributed by atoms with E-state index in [2.05, 4.69) is 15.4 Å². The number of carbonyl (C=O) groups is 1. The number of para-hydroxylation sites is 1. The minimum atomic E-state index is -0.234. The molecule has 0 saturated carbocycles. The van der Waals surface area contributed by atoms with E-state index in [-0.39, 0.29) is 16.2 Å². The fraction of sp³-hybridized carbons (Fsp3) is 0.0769. The second-order valence-electron chi connectivity index (χ2n) is 7.82. The number of rotatable bonds is 6. The van der Waals surface area contributed by atoms with Crippen LogP contribution in [0.3, 0.4) is 0 Å². The SMILES string of the molecule is O=C(NCc1ccccc1Cn1cccn1)c1ccc2c(=O)n(-c3ccccc3)c(=S)[nH]c2c1. The fourth-order valence-electron chi connectivity index (χ4n) is 3.90. The largest absolute Gasteiger partial charge is 0.348 e. The van der Waals surface area contributed by atoms with Gasteiger partial charge in [-0.15, -0.1) is 0 Å². The number of benzene rings is 3. The molecule has 5 rings (SSSR count). The van der Waals surface area contributed by atoms with Crippen molar-refractivity contribution < 1.29 is 4.79 Å². The molecule has 2 N–H and O–H groups in total. The molecule has 5 aromatic rings. The van der Waals surface area contributed by atoms with Crippen molar-refractivity contribution in [2.75, 3.05) is 0 Å². The van der Waals surface area contributed by atoms with Crippen LogP contribution < -0.4 is 10.9 Å². The normalized spacial score (nSPS) is 10.9. The zero-order valence-corrected chi connectivity index (χ0v) is 19.0. The number of hydrogen-bond donors (Lipinski definition) is 2. The summed E-state index contributed by atoms with van der Waals surface area (Å²) in [6.07, 6.45) is 3.64. The van der Waals surface area contributed by atoms with Gasteiger partial charge in [0.05, 0.1) is 23.1 Å². The molecule has 168 valence electrons. The number of fused-ring (bicyclic) bond motifs is 1. The van der Waals surface area contributed by atoms with Crippen LogP contribution in [0.25, 0.3) is 16.6 Å². The third kappa shape index (κ3) is 4.31. The average molecular weight is 468 g/mol. The van der Waals surface area contributed by atoms with E-state index in [0.29, 0.717) is 35.2 Å². The molecule has 2 aromatic heterocycles. The molecule has 0 aliphatic rings. The van der Waals surface area contributed by atoms with E-state index in [4.69, 9.17) is 12.2 Å². The number of aromatic amines is 1. The Hall–Kier alpha value is -4.30. The number of H-pyrrole nitrogens is 1. The highest BCUT2D eigenvalue weighted by Gasteiger charge is 2.12. The maximum absolute atomic E-state index is 13.1. The van der Waals surface area contributed by atoms with E-state index in [1.807, 2.05) is 71.5 Å². The monoisotopic (exact) mass is 467 g/mol. The van der Waals surface area contributed by atoms with Crippen LogP contribution in [0.15, 0.2) is 96.1 Å². The van der Waals surface area contributed by atoms with Crippen LogP contribution in [-0.2, 0) is 13.1 Å². The highest BCUT2D eigenvalue weighted by atomic mass is 32.1. The van der Waals surface area contributed by atoms with Gasteiger partial charge in [-0.2, -0.15) is 5.10 Å². The minimum Gasteiger partial charge on any atom is -0.348 e. The van der Waals surface area contributed by atoms with Crippen LogP contribution in [0.4, 0.5) is 0 Å². The molecule has 8 heteroatoms. The Kier molecular flexibility index (Phi) is 5.88. The molecule has 0 aliphatic heterocycles. The number of amides is 1. The van der Waals surface area contributed by atoms with Gasteiger partial charge in [0.1, 0.15) is 0 Å². The Bertz CT molecular complexity index is 1590. The summed E-state index contributed by atoms with van der Waals surface area (Å²) in [4.78, 5) is 29.1. The number of aromatic nitrogens is 4. The van der Waals surface area contributed by atoms with Gasteiger partial charge in [0, 0.05) is 24.5 Å². The summed E-state index contributed by atoms with van der Waals surface area (Å²) >= 11 is 5.43. The molecular formula is C26H21N5O2S. The van der Waals surface area contributed by atoms with Crippen molar-refractivity contribution in [1.29, 1.82) is 0 Å². The predicted molar refractivity (Wildman–Crippen MR) is 134 cm³/mol. The van der Waals surface area contributed by atoms with Crippen molar-refractivity contribution in [2.45, 2.75) is 13.1 Å². The lowest BCUT2D eigenvalue weighted by Gasteiger charge is -2.12. The van der Waals surface area contributed by atoms with Crippen LogP contribution in [-0.4, -0.2) is 25.2 Å². The fourth-order valence-corrected chi connectivity index (χ4v) is 4.20. The summed E-state index contributed by atoms with van der Waals surface area (Å²) in [7, 11) is 0. The highest BCUT2D eigenvalue weighted by molar-refractivity contribution is 7.71. The molecule has 34 heavy (non-hydrogen) atoms. The van der Waals surface area contributed by atoms with E-state index < -0.39 is 0 Å². The van der Waals surface area contributed by atoms with Crippen molar-refractivity contribution in [1.82, 2.24) is 24.6 Å². The first-order valence-electron chi connectivity index (χ1n) is 10.8. The third-order valence-corrected chi connectivity index (χ3v) is 5.91. The van der Waals surface area contributed by atoms with Gasteiger partial charge in [-0.3, -0.25) is 18.8 Å². The maximum atomic E-state index is 13.1. The van der Waals surface area contributed by atoms with Gasteiger partial charge in [-0.05, 0) is 59.7 Å². The average Bonchev–Trinajstić information content (AvgIpc) is 3.37. The molecule has 2 heterocycles. The quantitative estimate of drug-likeness (QED) is 0.366. The standard InChI is InChI=1S/C26H21N5O2S/c32-24(27-16-19-7-4-5-8-20(19)17-30-14-6-13-28-30)18-11-12-22-23(15-18)29-26(34)31(25(22)33)21-9-2-1-3-10-21/h1-15H,16-17H2,(H,27,32)(H,29,34). The summed E-state index contributed by atoms with van der Waals surface area (Å²) < 4.78 is 3.57. The van der Waals surface area contributed by atoms with Gasteiger partial charge in [0.2, 0.25) is 0 Å². The van der Waals surface area contributed by atoms with Gasteiger partial charge in [0.15, 0.2) is 4.77 Å². The summed E-state index contributed by atoms with van der Waals surface area (Å²) in [6, 6.07) is 24.0. The highest BCUT2D eigenvalue weighted by Crippen LogP contribution is 2.15. The van der Waals surface area contributed by atoms with E-state index in [1.54, 1.807) is 24.4 Å². The molecule has 3 aromatic carbocycles. The molecule has 0 atom stereocenters. The lowest BCUT2D eigenvalue weighted by atomic mass is 10.1. The molecule has 0 unspecified atom stereocenters. The van der Waals surface area contributed by atoms with Crippen LogP contribution in [0.1, 0.15) is 21.5 Å². The number of hydrogen-bond acceptors (Lipinski definition) is 4. The Morgan fingerprint density at radius 3 is 2.50 bits per heavy atom. The lowest BCUT2D eigenvalue weighted by Crippen LogP contribution is -2.24. The maximum Gasteiger partial charge on any atom is 0.266 e. The first-order valence-corrected chi connectivity index (χ1v) is 11.2. The Balaban J connectivity index is 1.39. The van der Waals surface area contributed by atoms with Gasteiger partial charge >= 0.3 is 0 Å². The van der Waals surface area contributed by atoms with Crippen LogP contribution >= 0.6 is 12.2 Å². The third-order valence-electron chi connectivity index (χ3n) is 5.62. The smallest absolute Gasteiger partial charge is 0.266 e. The van der Waals surface area contributed by atoms with Crippen molar-refractivity contribution in [3.05, 3.63) is 123 Å². The van der Waals surface area contributed by atoms with E-state index in [0.717, 1.165) is 11.1 Å². The number of nitrogens with one attached hydrogen (secondary N) is 2. The molecule has 0 spiro atoms. The summed E-state index contributed by atoms with van der Waals surface area (Å²) in [6.45, 7) is 0.999. The molecule has 0 saturated heterocycles. The number of carbonyl (C=O) groups excluding carboxylic acids is 1. The van der Waals surface area contributed by atoms with Gasteiger partial charge in [-0.25, -0.2) is 0 Å².